The van der Waals surface area contributed by atoms with E-state index in [2.05, 4.69) is 32.2 Å². The number of hydrogen-bond donors (Lipinski definition) is 1. The van der Waals surface area contributed by atoms with E-state index in [1.165, 1.54) is 18.2 Å². The maximum Gasteiger partial charge on any atom is 0.325 e. The maximum absolute atomic E-state index is 11.9. The Morgan fingerprint density at radius 3 is 2.48 bits per heavy atom. The molecule has 2 unspecified atom stereocenters. The van der Waals surface area contributed by atoms with E-state index in [9.17, 15) is 4.79 Å². The topological polar surface area (TPSA) is 47.6 Å². The Bertz CT molecular complexity index is 513. The Morgan fingerprint density at radius 1 is 1.33 bits per heavy atom. The molecule has 21 heavy (non-hydrogen) atoms. The molecule has 0 amide bonds. The zero-order valence-corrected chi connectivity index (χ0v) is 14.2. The number of benzene rings is 1. The predicted molar refractivity (Wildman–Crippen MR) is 84.8 cm³/mol. The highest BCUT2D eigenvalue weighted by Gasteiger charge is 2.35. The van der Waals surface area contributed by atoms with Crippen molar-refractivity contribution in [3.05, 3.63) is 28.8 Å². The van der Waals surface area contributed by atoms with Gasteiger partial charge in [-0.15, -0.1) is 0 Å². The maximum atomic E-state index is 11.9. The lowest BCUT2D eigenvalue weighted by Crippen LogP contribution is -2.50. The second-order valence-electron chi connectivity index (χ2n) is 5.91. The molecule has 0 aliphatic carbocycles. The van der Waals surface area contributed by atoms with E-state index >= 15 is 0 Å². The Kier molecular flexibility index (Phi) is 5.78. The highest BCUT2D eigenvalue weighted by atomic mass is 16.5. The van der Waals surface area contributed by atoms with Crippen molar-refractivity contribution >= 4 is 5.97 Å². The first-order valence-corrected chi connectivity index (χ1v) is 7.25. The lowest BCUT2D eigenvalue weighted by atomic mass is 9.95. The molecule has 0 aliphatic heterocycles. The Labute approximate surface area is 127 Å². The van der Waals surface area contributed by atoms with Crippen LogP contribution in [-0.4, -0.2) is 31.8 Å². The van der Waals surface area contributed by atoms with Gasteiger partial charge in [0.25, 0.3) is 0 Å². The van der Waals surface area contributed by atoms with Gasteiger partial charge in [-0.25, -0.2) is 0 Å². The summed E-state index contributed by atoms with van der Waals surface area (Å²) < 4.78 is 10.9. The first-order chi connectivity index (χ1) is 9.73. The highest BCUT2D eigenvalue weighted by Crippen LogP contribution is 2.26. The molecule has 0 fully saturated rings. The first kappa shape index (κ1) is 17.5. The largest absolute Gasteiger partial charge is 0.490 e. The van der Waals surface area contributed by atoms with E-state index in [4.69, 9.17) is 9.47 Å². The molecule has 1 aromatic carbocycles. The van der Waals surface area contributed by atoms with Crippen molar-refractivity contribution in [2.75, 3.05) is 14.2 Å². The summed E-state index contributed by atoms with van der Waals surface area (Å²) in [5.74, 6) is 0.598. The third-order valence-electron chi connectivity index (χ3n) is 3.98. The molecular weight excluding hydrogens is 266 g/mol. The number of hydrogen-bond acceptors (Lipinski definition) is 4. The number of carbonyl (C=O) groups is 1. The fourth-order valence-corrected chi connectivity index (χ4v) is 2.47. The van der Waals surface area contributed by atoms with Gasteiger partial charge in [-0.2, -0.15) is 0 Å². The van der Waals surface area contributed by atoms with Gasteiger partial charge in [0.2, 0.25) is 0 Å². The van der Waals surface area contributed by atoms with Crippen LogP contribution in [-0.2, 0) is 9.53 Å². The standard InChI is InChI=1S/C17H27NO3/c1-11-8-12(2)14(4)15(9-11)21-13(3)10-17(5,18-6)16(19)20-7/h8-9,13,18H,10H2,1-7H3. The first-order valence-electron chi connectivity index (χ1n) is 7.25. The number of carbonyl (C=O) groups excluding carboxylic acids is 1. The summed E-state index contributed by atoms with van der Waals surface area (Å²) in [6.45, 7) is 9.97. The van der Waals surface area contributed by atoms with Crippen LogP contribution in [0, 0.1) is 20.8 Å². The van der Waals surface area contributed by atoms with Crippen LogP contribution in [0.3, 0.4) is 0 Å². The molecule has 0 heterocycles. The summed E-state index contributed by atoms with van der Waals surface area (Å²) in [5, 5.41) is 3.03. The van der Waals surface area contributed by atoms with Crippen molar-refractivity contribution in [1.29, 1.82) is 0 Å². The molecule has 0 spiro atoms. The summed E-state index contributed by atoms with van der Waals surface area (Å²) in [4.78, 5) is 11.9. The van der Waals surface area contributed by atoms with Gasteiger partial charge < -0.3 is 14.8 Å². The Hall–Kier alpha value is -1.55. The van der Waals surface area contributed by atoms with Crippen LogP contribution in [0.5, 0.6) is 5.75 Å². The van der Waals surface area contributed by atoms with Gasteiger partial charge >= 0.3 is 5.97 Å². The number of ether oxygens (including phenoxy) is 2. The average Bonchev–Trinajstić information content (AvgIpc) is 2.42. The van der Waals surface area contributed by atoms with Gasteiger partial charge in [-0.05, 0) is 64.4 Å². The van der Waals surface area contributed by atoms with Crippen LogP contribution in [0.1, 0.15) is 37.0 Å². The van der Waals surface area contributed by atoms with Crippen molar-refractivity contribution in [3.8, 4) is 5.75 Å². The summed E-state index contributed by atoms with van der Waals surface area (Å²) in [6.07, 6.45) is 0.421. The minimum atomic E-state index is -0.749. The molecule has 0 aliphatic rings. The quantitative estimate of drug-likeness (QED) is 0.819. The summed E-state index contributed by atoms with van der Waals surface area (Å²) >= 11 is 0. The van der Waals surface area contributed by atoms with Crippen LogP contribution in [0.4, 0.5) is 0 Å². The molecule has 118 valence electrons. The summed E-state index contributed by atoms with van der Waals surface area (Å²) in [7, 11) is 3.16. The second kappa shape index (κ2) is 6.94. The van der Waals surface area contributed by atoms with Gasteiger partial charge in [0.1, 0.15) is 11.3 Å². The fraction of sp³-hybridized carbons (Fsp3) is 0.588. The van der Waals surface area contributed by atoms with Crippen LogP contribution < -0.4 is 10.1 Å². The molecule has 0 saturated heterocycles. The number of methoxy groups -OCH3 is 1. The number of aryl methyl sites for hydroxylation is 2. The van der Waals surface area contributed by atoms with Crippen LogP contribution in [0.25, 0.3) is 0 Å². The minimum absolute atomic E-state index is 0.110. The van der Waals surface area contributed by atoms with Gasteiger partial charge in [-0.1, -0.05) is 6.07 Å². The van der Waals surface area contributed by atoms with Gasteiger partial charge in [0.05, 0.1) is 13.2 Å². The van der Waals surface area contributed by atoms with Gasteiger partial charge in [-0.3, -0.25) is 4.79 Å². The van der Waals surface area contributed by atoms with Crippen molar-refractivity contribution in [2.24, 2.45) is 0 Å². The Balaban J connectivity index is 2.87. The number of nitrogens with one attached hydrogen (secondary N) is 1. The van der Waals surface area contributed by atoms with Gasteiger partial charge in [0, 0.05) is 6.42 Å². The molecule has 1 aromatic rings. The molecule has 0 bridgehead atoms. The molecular formula is C17H27NO3. The van der Waals surface area contributed by atoms with E-state index in [1.807, 2.05) is 19.9 Å². The van der Waals surface area contributed by atoms with Crippen molar-refractivity contribution in [3.63, 3.8) is 0 Å². The number of likely N-dealkylation sites (N-methyl/N-ethyl adjacent to an activating group) is 1. The summed E-state index contributed by atoms with van der Waals surface area (Å²) in [5.41, 5.74) is 2.77. The normalized spacial score (nSPS) is 15.2. The lowest BCUT2D eigenvalue weighted by molar-refractivity contribution is -0.148. The SMILES string of the molecule is CNC(C)(CC(C)Oc1cc(C)cc(C)c1C)C(=O)OC. The van der Waals surface area contributed by atoms with E-state index in [0.717, 1.165) is 11.3 Å². The van der Waals surface area contributed by atoms with Crippen LogP contribution in [0.2, 0.25) is 0 Å². The van der Waals surface area contributed by atoms with Gasteiger partial charge in [0.15, 0.2) is 0 Å². The molecule has 4 heteroatoms. The van der Waals surface area contributed by atoms with E-state index in [1.54, 1.807) is 7.05 Å². The third-order valence-corrected chi connectivity index (χ3v) is 3.98. The molecule has 0 saturated carbocycles. The van der Waals surface area contributed by atoms with Crippen molar-refractivity contribution in [2.45, 2.75) is 52.7 Å². The minimum Gasteiger partial charge on any atom is -0.490 e. The number of rotatable bonds is 6. The smallest absolute Gasteiger partial charge is 0.325 e. The van der Waals surface area contributed by atoms with E-state index in [0.29, 0.717) is 6.42 Å². The second-order valence-corrected chi connectivity index (χ2v) is 5.91. The molecule has 2 atom stereocenters. The Morgan fingerprint density at radius 2 is 1.95 bits per heavy atom. The predicted octanol–water partition coefficient (Wildman–Crippen LogP) is 2.92. The molecule has 1 rings (SSSR count). The monoisotopic (exact) mass is 293 g/mol. The van der Waals surface area contributed by atoms with Crippen molar-refractivity contribution < 1.29 is 14.3 Å². The number of esters is 1. The average molecular weight is 293 g/mol. The zero-order chi connectivity index (χ0) is 16.2. The highest BCUT2D eigenvalue weighted by molar-refractivity contribution is 5.80. The third kappa shape index (κ3) is 4.21. The van der Waals surface area contributed by atoms with Crippen LogP contribution >= 0.6 is 0 Å². The van der Waals surface area contributed by atoms with E-state index < -0.39 is 5.54 Å². The molecule has 4 nitrogen and oxygen atoms in total. The van der Waals surface area contributed by atoms with E-state index in [-0.39, 0.29) is 12.1 Å². The summed E-state index contributed by atoms with van der Waals surface area (Å²) in [6, 6.07) is 4.17. The zero-order valence-electron chi connectivity index (χ0n) is 14.2. The van der Waals surface area contributed by atoms with Crippen LogP contribution in [0.15, 0.2) is 12.1 Å². The lowest BCUT2D eigenvalue weighted by Gasteiger charge is -2.29. The van der Waals surface area contributed by atoms with Crippen molar-refractivity contribution in [1.82, 2.24) is 5.32 Å². The molecule has 1 N–H and O–H groups in total. The molecule has 0 radical (unpaired) electrons. The fourth-order valence-electron chi connectivity index (χ4n) is 2.47. The molecule has 0 aromatic heterocycles.